The monoisotopic (exact) mass is 486 g/mol. The number of carbonyl (C=O) groups is 1. The maximum atomic E-state index is 13.1. The lowest BCUT2D eigenvalue weighted by Gasteiger charge is -2.21. The molecular weight excluding hydrogens is 464 g/mol. The molecule has 0 bridgehead atoms. The van der Waals surface area contributed by atoms with Gasteiger partial charge >= 0.3 is 0 Å². The largest absolute Gasteiger partial charge is 0.381 e. The van der Waals surface area contributed by atoms with Crippen molar-refractivity contribution in [2.45, 2.75) is 19.3 Å². The molecule has 1 aliphatic heterocycles. The van der Waals surface area contributed by atoms with Crippen molar-refractivity contribution in [3.05, 3.63) is 68.8 Å². The minimum Gasteiger partial charge on any atom is -0.381 e. The Bertz CT molecular complexity index is 1050. The number of carbonyl (C=O) groups excluding carboxylic acids is 1. The van der Waals surface area contributed by atoms with Crippen molar-refractivity contribution in [2.75, 3.05) is 19.8 Å². The number of benzene rings is 2. The van der Waals surface area contributed by atoms with Crippen LogP contribution in [0.2, 0.25) is 5.02 Å². The molecule has 2 aromatic carbocycles. The predicted molar refractivity (Wildman–Crippen MR) is 127 cm³/mol. The highest BCUT2D eigenvalue weighted by Gasteiger charge is 2.18. The van der Waals surface area contributed by atoms with E-state index in [-0.39, 0.29) is 5.91 Å². The fourth-order valence-corrected chi connectivity index (χ4v) is 4.31. The van der Waals surface area contributed by atoms with Crippen molar-refractivity contribution in [3.8, 4) is 0 Å². The van der Waals surface area contributed by atoms with Gasteiger partial charge in [-0.15, -0.1) is 0 Å². The number of hydrogen-bond donors (Lipinski definition) is 2. The Balaban J connectivity index is 1.55. The number of aromatic nitrogens is 1. The lowest BCUT2D eigenvalue weighted by atomic mass is 9.96. The van der Waals surface area contributed by atoms with Crippen molar-refractivity contribution in [1.82, 2.24) is 10.3 Å². The maximum absolute atomic E-state index is 13.1. The van der Waals surface area contributed by atoms with Crippen molar-refractivity contribution < 1.29 is 9.53 Å². The first-order valence-electron chi connectivity index (χ1n) is 10.2. The smallest absolute Gasteiger partial charge is 0.254 e. The molecule has 0 radical (unpaired) electrons. The number of fused-ring (bicyclic) bond motifs is 1. The van der Waals surface area contributed by atoms with Gasteiger partial charge in [-0.3, -0.25) is 4.79 Å². The minimum atomic E-state index is -0.0496. The summed E-state index contributed by atoms with van der Waals surface area (Å²) in [5.74, 6) is 0.577. The van der Waals surface area contributed by atoms with Gasteiger partial charge in [0.15, 0.2) is 0 Å². The topological polar surface area (TPSA) is 54.1 Å². The van der Waals surface area contributed by atoms with Crippen molar-refractivity contribution >= 4 is 56.5 Å². The van der Waals surface area contributed by atoms with Gasteiger partial charge in [-0.25, -0.2) is 0 Å². The molecule has 0 unspecified atom stereocenters. The molecule has 0 aliphatic carbocycles. The summed E-state index contributed by atoms with van der Waals surface area (Å²) >= 11 is 9.48. The number of aromatic amines is 1. The third kappa shape index (κ3) is 5.15. The Hall–Kier alpha value is -2.08. The van der Waals surface area contributed by atoms with Gasteiger partial charge in [-0.05, 0) is 61.1 Å². The van der Waals surface area contributed by atoms with Crippen molar-refractivity contribution in [2.24, 2.45) is 5.92 Å². The molecule has 4 nitrogen and oxygen atoms in total. The van der Waals surface area contributed by atoms with E-state index in [1.165, 1.54) is 0 Å². The fourth-order valence-electron chi connectivity index (χ4n) is 3.83. The Kier molecular flexibility index (Phi) is 6.93. The van der Waals surface area contributed by atoms with Gasteiger partial charge < -0.3 is 15.0 Å². The molecule has 156 valence electrons. The Morgan fingerprint density at radius 1 is 1.17 bits per heavy atom. The molecule has 2 heterocycles. The maximum Gasteiger partial charge on any atom is 0.254 e. The molecule has 1 aromatic heterocycles. The second-order valence-corrected chi connectivity index (χ2v) is 8.94. The van der Waals surface area contributed by atoms with Crippen LogP contribution in [0, 0.1) is 5.92 Å². The number of amides is 1. The molecule has 30 heavy (non-hydrogen) atoms. The van der Waals surface area contributed by atoms with Crippen LogP contribution in [0.5, 0.6) is 0 Å². The van der Waals surface area contributed by atoms with Gasteiger partial charge in [-0.1, -0.05) is 51.8 Å². The first-order valence-corrected chi connectivity index (χ1v) is 11.4. The van der Waals surface area contributed by atoms with E-state index in [4.69, 9.17) is 16.3 Å². The molecule has 0 spiro atoms. The number of ether oxygens (including phenoxy) is 1. The molecule has 3 aromatic rings. The van der Waals surface area contributed by atoms with Crippen LogP contribution in [0.4, 0.5) is 0 Å². The summed E-state index contributed by atoms with van der Waals surface area (Å²) in [5, 5.41) is 4.74. The zero-order valence-corrected chi connectivity index (χ0v) is 18.9. The van der Waals surface area contributed by atoms with E-state index < -0.39 is 0 Å². The molecule has 1 saturated heterocycles. The zero-order chi connectivity index (χ0) is 20.9. The highest BCUT2D eigenvalue weighted by Crippen LogP contribution is 2.27. The summed E-state index contributed by atoms with van der Waals surface area (Å²) in [5.41, 5.74) is 3.41. The van der Waals surface area contributed by atoms with Gasteiger partial charge in [0.05, 0.1) is 11.3 Å². The Labute approximate surface area is 189 Å². The van der Waals surface area contributed by atoms with Crippen LogP contribution in [0.3, 0.4) is 0 Å². The summed E-state index contributed by atoms with van der Waals surface area (Å²) in [6.07, 6.45) is 7.07. The normalized spacial score (nSPS) is 15.1. The number of halogens is 2. The highest BCUT2D eigenvalue weighted by atomic mass is 79.9. The third-order valence-corrected chi connectivity index (χ3v) is 6.25. The summed E-state index contributed by atoms with van der Waals surface area (Å²) in [6.45, 7) is 2.33. The molecule has 0 atom stereocenters. The van der Waals surface area contributed by atoms with Crippen LogP contribution in [0.15, 0.2) is 46.9 Å². The number of hydrogen-bond acceptors (Lipinski definition) is 2. The molecule has 1 aliphatic rings. The SMILES string of the molecule is O=C(NCCC1CCOCC1)c1c(/C=C/c2ccc(Cl)cc2)[nH]c2cc(Br)ccc12. The third-order valence-electron chi connectivity index (χ3n) is 5.51. The quantitative estimate of drug-likeness (QED) is 0.429. The van der Waals surface area contributed by atoms with Gasteiger partial charge in [0.25, 0.3) is 5.91 Å². The minimum absolute atomic E-state index is 0.0496. The van der Waals surface area contributed by atoms with Crippen molar-refractivity contribution in [3.63, 3.8) is 0 Å². The molecule has 4 rings (SSSR count). The fraction of sp³-hybridized carbons (Fsp3) is 0.292. The second kappa shape index (κ2) is 9.82. The van der Waals surface area contributed by atoms with Crippen LogP contribution in [-0.2, 0) is 4.74 Å². The zero-order valence-electron chi connectivity index (χ0n) is 16.6. The van der Waals surface area contributed by atoms with Crippen LogP contribution < -0.4 is 5.32 Å². The average Bonchev–Trinajstić information content (AvgIpc) is 3.11. The first kappa shape index (κ1) is 21.2. The lowest BCUT2D eigenvalue weighted by Crippen LogP contribution is -2.27. The predicted octanol–water partition coefficient (Wildman–Crippen LogP) is 6.30. The average molecular weight is 488 g/mol. The van der Waals surface area contributed by atoms with E-state index in [9.17, 15) is 4.79 Å². The number of nitrogens with one attached hydrogen (secondary N) is 2. The van der Waals surface area contributed by atoms with Crippen molar-refractivity contribution in [1.29, 1.82) is 0 Å². The summed E-state index contributed by atoms with van der Waals surface area (Å²) < 4.78 is 6.39. The standard InChI is InChI=1S/C24H24BrClN2O2/c25-18-4-7-20-22(15-18)28-21(8-3-16-1-5-19(26)6-2-16)23(20)24(29)27-12-9-17-10-13-30-14-11-17/h1-8,15,17,28H,9-14H2,(H,27,29)/b8-3+. The van der Waals surface area contributed by atoms with Gasteiger partial charge in [-0.2, -0.15) is 0 Å². The molecule has 6 heteroatoms. The van der Waals surface area contributed by atoms with Gasteiger partial charge in [0, 0.05) is 40.2 Å². The van der Waals surface area contributed by atoms with E-state index >= 15 is 0 Å². The number of rotatable bonds is 6. The molecular formula is C24H24BrClN2O2. The Morgan fingerprint density at radius 3 is 2.70 bits per heavy atom. The van der Waals surface area contributed by atoms with Crippen LogP contribution in [0.25, 0.3) is 23.1 Å². The van der Waals surface area contributed by atoms with Crippen LogP contribution in [-0.4, -0.2) is 30.6 Å². The highest BCUT2D eigenvalue weighted by molar-refractivity contribution is 9.10. The van der Waals surface area contributed by atoms with E-state index in [2.05, 4.69) is 26.2 Å². The van der Waals surface area contributed by atoms with Crippen LogP contribution in [0.1, 0.15) is 40.9 Å². The van der Waals surface area contributed by atoms with Gasteiger partial charge in [0.2, 0.25) is 0 Å². The first-order chi connectivity index (χ1) is 14.6. The van der Waals surface area contributed by atoms with Gasteiger partial charge in [0.1, 0.15) is 0 Å². The summed E-state index contributed by atoms with van der Waals surface area (Å²) in [6, 6.07) is 13.5. The molecule has 2 N–H and O–H groups in total. The van der Waals surface area contributed by atoms with E-state index in [0.29, 0.717) is 23.0 Å². The number of H-pyrrole nitrogens is 1. The summed E-state index contributed by atoms with van der Waals surface area (Å²) in [7, 11) is 0. The molecule has 0 saturated carbocycles. The summed E-state index contributed by atoms with van der Waals surface area (Å²) in [4.78, 5) is 16.5. The second-order valence-electron chi connectivity index (χ2n) is 7.59. The van der Waals surface area contributed by atoms with E-state index in [0.717, 1.165) is 59.1 Å². The van der Waals surface area contributed by atoms with E-state index in [1.807, 2.05) is 54.6 Å². The molecule has 1 fully saturated rings. The molecule has 1 amide bonds. The Morgan fingerprint density at radius 2 is 1.93 bits per heavy atom. The van der Waals surface area contributed by atoms with E-state index in [1.54, 1.807) is 0 Å². The van der Waals surface area contributed by atoms with Crippen LogP contribution >= 0.6 is 27.5 Å². The lowest BCUT2D eigenvalue weighted by molar-refractivity contribution is 0.0636.